The lowest BCUT2D eigenvalue weighted by molar-refractivity contribution is -0.145. The van der Waals surface area contributed by atoms with E-state index in [1.54, 1.807) is 0 Å². The molecular formula is C20H27N3O5S. The van der Waals surface area contributed by atoms with Crippen molar-refractivity contribution < 1.29 is 23.9 Å². The van der Waals surface area contributed by atoms with Crippen LogP contribution in [0.5, 0.6) is 0 Å². The van der Waals surface area contributed by atoms with Gasteiger partial charge in [-0.25, -0.2) is 4.79 Å². The SMILES string of the molecule is Cc1ccc(NC(=O)CSCC(=O)OCC(=O)NC(=O)NC2CCCC2)c(C)c1. The zero-order valence-corrected chi connectivity index (χ0v) is 17.5. The molecule has 0 heterocycles. The topological polar surface area (TPSA) is 114 Å². The van der Waals surface area contributed by atoms with E-state index in [4.69, 9.17) is 4.74 Å². The van der Waals surface area contributed by atoms with Gasteiger partial charge in [0, 0.05) is 11.7 Å². The summed E-state index contributed by atoms with van der Waals surface area (Å²) in [5.41, 5.74) is 2.81. The number of amides is 4. The second kappa shape index (κ2) is 11.5. The van der Waals surface area contributed by atoms with Gasteiger partial charge in [-0.1, -0.05) is 30.5 Å². The molecule has 1 aromatic carbocycles. The molecule has 1 saturated carbocycles. The quantitative estimate of drug-likeness (QED) is 0.555. The molecule has 1 fully saturated rings. The normalized spacial score (nSPS) is 13.6. The van der Waals surface area contributed by atoms with Crippen molar-refractivity contribution in [2.75, 3.05) is 23.4 Å². The molecule has 0 spiro atoms. The number of esters is 1. The molecule has 2 rings (SSSR count). The Kier molecular flexibility index (Phi) is 8.98. The summed E-state index contributed by atoms with van der Waals surface area (Å²) in [5, 5.41) is 7.64. The molecule has 9 heteroatoms. The van der Waals surface area contributed by atoms with E-state index in [0.717, 1.165) is 54.3 Å². The molecule has 0 saturated heterocycles. The summed E-state index contributed by atoms with van der Waals surface area (Å²) < 4.78 is 4.82. The minimum atomic E-state index is -0.688. The van der Waals surface area contributed by atoms with E-state index in [1.165, 1.54) is 0 Å². The second-order valence-corrected chi connectivity index (χ2v) is 8.01. The zero-order valence-electron chi connectivity index (χ0n) is 16.7. The molecule has 29 heavy (non-hydrogen) atoms. The standard InChI is InChI=1S/C20H27N3O5S/c1-13-7-8-16(14(2)9-13)22-18(25)11-29-12-19(26)28-10-17(24)23-20(27)21-15-5-3-4-6-15/h7-9,15H,3-6,10-12H2,1-2H3,(H,22,25)(H2,21,23,24,27). The van der Waals surface area contributed by atoms with Crippen LogP contribution in [0.25, 0.3) is 0 Å². The Balaban J connectivity index is 1.58. The largest absolute Gasteiger partial charge is 0.455 e. The van der Waals surface area contributed by atoms with Gasteiger partial charge in [0.25, 0.3) is 5.91 Å². The summed E-state index contributed by atoms with van der Waals surface area (Å²) in [4.78, 5) is 47.0. The molecule has 0 aliphatic heterocycles. The first kappa shape index (κ1) is 22.7. The Labute approximate surface area is 174 Å². The zero-order chi connectivity index (χ0) is 21.2. The van der Waals surface area contributed by atoms with Crippen LogP contribution < -0.4 is 16.0 Å². The van der Waals surface area contributed by atoms with Gasteiger partial charge in [0.15, 0.2) is 6.61 Å². The maximum absolute atomic E-state index is 12.0. The highest BCUT2D eigenvalue weighted by Gasteiger charge is 2.18. The first-order valence-electron chi connectivity index (χ1n) is 9.54. The van der Waals surface area contributed by atoms with E-state index in [1.807, 2.05) is 32.0 Å². The summed E-state index contributed by atoms with van der Waals surface area (Å²) in [5.74, 6) is -1.52. The molecule has 0 radical (unpaired) electrons. The van der Waals surface area contributed by atoms with Gasteiger partial charge >= 0.3 is 12.0 Å². The lowest BCUT2D eigenvalue weighted by Gasteiger charge is -2.12. The van der Waals surface area contributed by atoms with Crippen LogP contribution in [-0.2, 0) is 19.1 Å². The van der Waals surface area contributed by atoms with Gasteiger partial charge in [-0.2, -0.15) is 0 Å². The predicted molar refractivity (Wildman–Crippen MR) is 112 cm³/mol. The number of aryl methyl sites for hydroxylation is 2. The van der Waals surface area contributed by atoms with Gasteiger partial charge in [0.2, 0.25) is 5.91 Å². The minimum absolute atomic E-state index is 0.0676. The molecule has 4 amide bonds. The lowest BCUT2D eigenvalue weighted by atomic mass is 10.1. The first-order chi connectivity index (χ1) is 13.8. The monoisotopic (exact) mass is 421 g/mol. The highest BCUT2D eigenvalue weighted by Crippen LogP contribution is 2.17. The number of carbonyl (C=O) groups is 4. The van der Waals surface area contributed by atoms with Gasteiger partial charge in [-0.15, -0.1) is 11.8 Å². The highest BCUT2D eigenvalue weighted by molar-refractivity contribution is 8.00. The van der Waals surface area contributed by atoms with Crippen molar-refractivity contribution in [2.24, 2.45) is 0 Å². The minimum Gasteiger partial charge on any atom is -0.455 e. The van der Waals surface area contributed by atoms with Crippen LogP contribution in [0.15, 0.2) is 18.2 Å². The molecule has 3 N–H and O–H groups in total. The summed E-state index contributed by atoms with van der Waals surface area (Å²) in [6.45, 7) is 3.35. The maximum Gasteiger partial charge on any atom is 0.321 e. The molecule has 0 aromatic heterocycles. The van der Waals surface area contributed by atoms with Crippen molar-refractivity contribution in [3.8, 4) is 0 Å². The first-order valence-corrected chi connectivity index (χ1v) is 10.7. The number of rotatable bonds is 8. The molecule has 1 aliphatic rings. The van der Waals surface area contributed by atoms with Crippen molar-refractivity contribution in [1.29, 1.82) is 0 Å². The van der Waals surface area contributed by atoms with Crippen LogP contribution in [0, 0.1) is 13.8 Å². The summed E-state index contributed by atoms with van der Waals surface area (Å²) in [6.07, 6.45) is 3.95. The second-order valence-electron chi connectivity index (χ2n) is 7.02. The van der Waals surface area contributed by atoms with E-state index in [9.17, 15) is 19.2 Å². The number of imide groups is 1. The summed E-state index contributed by atoms with van der Waals surface area (Å²) in [6, 6.07) is 5.24. The number of urea groups is 1. The number of nitrogens with one attached hydrogen (secondary N) is 3. The Morgan fingerprint density at radius 2 is 1.79 bits per heavy atom. The molecule has 0 atom stereocenters. The fourth-order valence-electron chi connectivity index (χ4n) is 3.01. The summed E-state index contributed by atoms with van der Waals surface area (Å²) >= 11 is 1.09. The van der Waals surface area contributed by atoms with Crippen molar-refractivity contribution >= 4 is 41.3 Å². The van der Waals surface area contributed by atoms with Gasteiger partial charge < -0.3 is 15.4 Å². The van der Waals surface area contributed by atoms with Crippen molar-refractivity contribution in [3.05, 3.63) is 29.3 Å². The van der Waals surface area contributed by atoms with E-state index >= 15 is 0 Å². The molecule has 8 nitrogen and oxygen atoms in total. The third kappa shape index (κ3) is 8.55. The molecule has 1 aliphatic carbocycles. The van der Waals surface area contributed by atoms with Crippen molar-refractivity contribution in [2.45, 2.75) is 45.6 Å². The molecule has 1 aromatic rings. The van der Waals surface area contributed by atoms with Gasteiger partial charge in [0.1, 0.15) is 0 Å². The van der Waals surface area contributed by atoms with Crippen LogP contribution in [0.1, 0.15) is 36.8 Å². The third-order valence-corrected chi connectivity index (χ3v) is 5.32. The number of thioether (sulfide) groups is 1. The van der Waals surface area contributed by atoms with Crippen LogP contribution in [0.4, 0.5) is 10.5 Å². The lowest BCUT2D eigenvalue weighted by Crippen LogP contribution is -2.45. The number of hydrogen-bond donors (Lipinski definition) is 3. The van der Waals surface area contributed by atoms with Crippen LogP contribution >= 0.6 is 11.8 Å². The average molecular weight is 422 g/mol. The van der Waals surface area contributed by atoms with E-state index in [0.29, 0.717) is 0 Å². The molecule has 0 unspecified atom stereocenters. The van der Waals surface area contributed by atoms with E-state index < -0.39 is 24.5 Å². The molecule has 158 valence electrons. The fourth-order valence-corrected chi connectivity index (χ4v) is 3.62. The Morgan fingerprint density at radius 1 is 1.07 bits per heavy atom. The van der Waals surface area contributed by atoms with Gasteiger partial charge in [0.05, 0.1) is 11.5 Å². The number of benzene rings is 1. The third-order valence-electron chi connectivity index (χ3n) is 4.42. The van der Waals surface area contributed by atoms with Crippen LogP contribution in [0.3, 0.4) is 0 Å². The van der Waals surface area contributed by atoms with Crippen molar-refractivity contribution in [1.82, 2.24) is 10.6 Å². The maximum atomic E-state index is 12.0. The Hall–Kier alpha value is -2.55. The average Bonchev–Trinajstić information content (AvgIpc) is 3.15. The van der Waals surface area contributed by atoms with Crippen LogP contribution in [-0.4, -0.2) is 48.0 Å². The number of carbonyl (C=O) groups excluding carboxylic acids is 4. The Bertz CT molecular complexity index is 762. The smallest absolute Gasteiger partial charge is 0.321 e. The Morgan fingerprint density at radius 3 is 2.48 bits per heavy atom. The number of hydrogen-bond acceptors (Lipinski definition) is 6. The van der Waals surface area contributed by atoms with E-state index in [2.05, 4.69) is 16.0 Å². The van der Waals surface area contributed by atoms with Gasteiger partial charge in [-0.05, 0) is 38.3 Å². The predicted octanol–water partition coefficient (Wildman–Crippen LogP) is 2.29. The fraction of sp³-hybridized carbons (Fsp3) is 0.500. The van der Waals surface area contributed by atoms with Crippen molar-refractivity contribution in [3.63, 3.8) is 0 Å². The number of anilines is 1. The van der Waals surface area contributed by atoms with E-state index in [-0.39, 0.29) is 23.5 Å². The molecular weight excluding hydrogens is 394 g/mol. The highest BCUT2D eigenvalue weighted by atomic mass is 32.2. The van der Waals surface area contributed by atoms with Crippen LogP contribution in [0.2, 0.25) is 0 Å². The van der Waals surface area contributed by atoms with Gasteiger partial charge in [-0.3, -0.25) is 19.7 Å². The summed E-state index contributed by atoms with van der Waals surface area (Å²) in [7, 11) is 0. The number of ether oxygens (including phenoxy) is 1. The molecule has 0 bridgehead atoms.